The van der Waals surface area contributed by atoms with Gasteiger partial charge in [-0.05, 0) is 30.0 Å². The lowest BCUT2D eigenvalue weighted by atomic mass is 10.1. The first-order chi connectivity index (χ1) is 8.76. The van der Waals surface area contributed by atoms with Gasteiger partial charge in [-0.2, -0.15) is 11.8 Å². The fourth-order valence-electron chi connectivity index (χ4n) is 1.92. The van der Waals surface area contributed by atoms with Crippen LogP contribution in [0.3, 0.4) is 0 Å². The molecular weight excluding hydrogens is 246 g/mol. The molecule has 0 unspecified atom stereocenters. The van der Waals surface area contributed by atoms with E-state index < -0.39 is 0 Å². The Balaban J connectivity index is 2.26. The molecule has 5 heteroatoms. The van der Waals surface area contributed by atoms with Crippen molar-refractivity contribution < 1.29 is 5.21 Å². The molecule has 0 aliphatic rings. The number of thioether (sulfide) groups is 1. The Morgan fingerprint density at radius 3 is 3.00 bits per heavy atom. The molecule has 18 heavy (non-hydrogen) atoms. The van der Waals surface area contributed by atoms with Crippen LogP contribution in [0.5, 0.6) is 0 Å². The third-order valence-electron chi connectivity index (χ3n) is 2.86. The highest BCUT2D eigenvalue weighted by atomic mass is 32.2. The number of fused-ring (bicyclic) bond motifs is 1. The van der Waals surface area contributed by atoms with Crippen molar-refractivity contribution in [3.63, 3.8) is 0 Å². The summed E-state index contributed by atoms with van der Waals surface area (Å²) in [5, 5.41) is 12.8. The summed E-state index contributed by atoms with van der Waals surface area (Å²) in [4.78, 5) is 0. The van der Waals surface area contributed by atoms with Gasteiger partial charge in [0.05, 0.1) is 0 Å². The summed E-state index contributed by atoms with van der Waals surface area (Å²) in [6.45, 7) is 3.17. The first-order valence-corrected chi connectivity index (χ1v) is 7.06. The maximum Gasteiger partial charge on any atom is 0.170 e. The summed E-state index contributed by atoms with van der Waals surface area (Å²) in [5.74, 6) is 2.40. The summed E-state index contributed by atoms with van der Waals surface area (Å²) < 4.78 is 2.23. The topological polar surface area (TPSA) is 63.5 Å². The molecule has 0 amide bonds. The van der Waals surface area contributed by atoms with Crippen molar-refractivity contribution in [2.24, 2.45) is 10.9 Å². The molecule has 2 rings (SSSR count). The van der Waals surface area contributed by atoms with Crippen molar-refractivity contribution >= 4 is 28.5 Å². The Morgan fingerprint density at radius 2 is 2.28 bits per heavy atom. The second-order valence-electron chi connectivity index (χ2n) is 3.96. The summed E-state index contributed by atoms with van der Waals surface area (Å²) in [7, 11) is 0. The van der Waals surface area contributed by atoms with Gasteiger partial charge in [0.1, 0.15) is 0 Å². The van der Waals surface area contributed by atoms with E-state index >= 15 is 0 Å². The minimum atomic E-state index is 0.145. The van der Waals surface area contributed by atoms with Gasteiger partial charge in [-0.3, -0.25) is 0 Å². The normalized spacial score (nSPS) is 12.2. The van der Waals surface area contributed by atoms with E-state index in [1.807, 2.05) is 30.0 Å². The second-order valence-corrected chi connectivity index (χ2v) is 5.36. The van der Waals surface area contributed by atoms with Crippen molar-refractivity contribution in [3.05, 3.63) is 36.0 Å². The molecule has 2 aromatic rings. The quantitative estimate of drug-likeness (QED) is 0.286. The van der Waals surface area contributed by atoms with Gasteiger partial charge in [-0.1, -0.05) is 12.1 Å². The number of nitrogens with zero attached hydrogens (tertiary/aromatic N) is 2. The number of nitrogens with two attached hydrogens (primary N) is 1. The second kappa shape index (κ2) is 5.82. The highest BCUT2D eigenvalue weighted by Gasteiger charge is 2.04. The van der Waals surface area contributed by atoms with Crippen LogP contribution in [0.1, 0.15) is 12.5 Å². The number of hydrogen-bond donors (Lipinski definition) is 2. The van der Waals surface area contributed by atoms with Crippen molar-refractivity contribution in [2.45, 2.75) is 13.5 Å². The van der Waals surface area contributed by atoms with Gasteiger partial charge in [-0.15, -0.1) is 0 Å². The number of aryl methyl sites for hydroxylation is 1. The van der Waals surface area contributed by atoms with Crippen LogP contribution >= 0.6 is 11.8 Å². The van der Waals surface area contributed by atoms with Gasteiger partial charge in [0, 0.05) is 35.0 Å². The molecule has 96 valence electrons. The lowest BCUT2D eigenvalue weighted by Gasteiger charge is -2.05. The fraction of sp³-hybridized carbons (Fsp3) is 0.308. The van der Waals surface area contributed by atoms with Crippen LogP contribution in [0, 0.1) is 0 Å². The molecule has 1 aromatic heterocycles. The minimum absolute atomic E-state index is 0.145. The maximum absolute atomic E-state index is 8.66. The molecule has 0 saturated carbocycles. The maximum atomic E-state index is 8.66. The molecule has 0 aliphatic carbocycles. The van der Waals surface area contributed by atoms with E-state index in [1.54, 1.807) is 0 Å². The third kappa shape index (κ3) is 2.61. The van der Waals surface area contributed by atoms with Gasteiger partial charge < -0.3 is 15.5 Å². The highest BCUT2D eigenvalue weighted by Crippen LogP contribution is 2.18. The van der Waals surface area contributed by atoms with E-state index in [4.69, 9.17) is 10.9 Å². The summed E-state index contributed by atoms with van der Waals surface area (Å²) in [6.07, 6.45) is 2.08. The Kier molecular flexibility index (Phi) is 4.15. The van der Waals surface area contributed by atoms with Gasteiger partial charge in [0.2, 0.25) is 0 Å². The Morgan fingerprint density at radius 1 is 1.44 bits per heavy atom. The van der Waals surface area contributed by atoms with E-state index in [0.29, 0.717) is 0 Å². The molecule has 0 bridgehead atoms. The Bertz CT molecular complexity index is 562. The van der Waals surface area contributed by atoms with Gasteiger partial charge >= 0.3 is 0 Å². The van der Waals surface area contributed by atoms with E-state index in [-0.39, 0.29) is 5.84 Å². The smallest absolute Gasteiger partial charge is 0.170 e. The predicted octanol–water partition coefficient (Wildman–Crippen LogP) is 2.49. The molecule has 4 nitrogen and oxygen atoms in total. The largest absolute Gasteiger partial charge is 0.409 e. The van der Waals surface area contributed by atoms with Crippen LogP contribution in [0.4, 0.5) is 0 Å². The Hall–Kier alpha value is -1.62. The van der Waals surface area contributed by atoms with Crippen LogP contribution in [-0.4, -0.2) is 27.1 Å². The standard InChI is InChI=1S/C13H17N3OS/c1-2-18-8-7-16-6-5-10-9-11(13(14)15-17)3-4-12(10)16/h3-6,9,17H,2,7-8H2,1H3,(H2,14,15). The van der Waals surface area contributed by atoms with Crippen LogP contribution in [0.2, 0.25) is 0 Å². The van der Waals surface area contributed by atoms with Crippen molar-refractivity contribution in [3.8, 4) is 0 Å². The van der Waals surface area contributed by atoms with Crippen molar-refractivity contribution in [1.29, 1.82) is 0 Å². The van der Waals surface area contributed by atoms with E-state index in [0.717, 1.165) is 29.0 Å². The average molecular weight is 263 g/mol. The molecule has 0 atom stereocenters. The zero-order valence-electron chi connectivity index (χ0n) is 10.3. The molecule has 0 aliphatic heterocycles. The van der Waals surface area contributed by atoms with E-state index in [9.17, 15) is 0 Å². The lowest BCUT2D eigenvalue weighted by Crippen LogP contribution is -2.12. The van der Waals surface area contributed by atoms with E-state index in [2.05, 4.69) is 28.9 Å². The summed E-state index contributed by atoms with van der Waals surface area (Å²) >= 11 is 1.93. The molecule has 0 saturated heterocycles. The van der Waals surface area contributed by atoms with Crippen molar-refractivity contribution in [1.82, 2.24) is 4.57 Å². The fourth-order valence-corrected chi connectivity index (χ4v) is 2.53. The molecule has 0 spiro atoms. The molecule has 0 fully saturated rings. The number of benzene rings is 1. The lowest BCUT2D eigenvalue weighted by molar-refractivity contribution is 0.318. The number of hydrogen-bond acceptors (Lipinski definition) is 3. The Labute approximate surface area is 110 Å². The number of aromatic nitrogens is 1. The van der Waals surface area contributed by atoms with Gasteiger partial charge in [0.15, 0.2) is 5.84 Å². The summed E-state index contributed by atoms with van der Waals surface area (Å²) in [6, 6.07) is 7.88. The zero-order valence-corrected chi connectivity index (χ0v) is 11.2. The van der Waals surface area contributed by atoms with E-state index in [1.165, 1.54) is 5.52 Å². The van der Waals surface area contributed by atoms with Crippen LogP contribution in [-0.2, 0) is 6.54 Å². The monoisotopic (exact) mass is 263 g/mol. The molecule has 0 radical (unpaired) electrons. The first kappa shape index (κ1) is 12.8. The molecule has 3 N–H and O–H groups in total. The highest BCUT2D eigenvalue weighted by molar-refractivity contribution is 7.99. The predicted molar refractivity (Wildman–Crippen MR) is 77.4 cm³/mol. The van der Waals surface area contributed by atoms with Crippen LogP contribution in [0.25, 0.3) is 10.9 Å². The van der Waals surface area contributed by atoms with Crippen molar-refractivity contribution in [2.75, 3.05) is 11.5 Å². The van der Waals surface area contributed by atoms with Gasteiger partial charge in [-0.25, -0.2) is 0 Å². The third-order valence-corrected chi connectivity index (χ3v) is 3.73. The van der Waals surface area contributed by atoms with Crippen LogP contribution < -0.4 is 5.73 Å². The minimum Gasteiger partial charge on any atom is -0.409 e. The van der Waals surface area contributed by atoms with Crippen LogP contribution in [0.15, 0.2) is 35.6 Å². The number of amidine groups is 1. The average Bonchev–Trinajstić information content (AvgIpc) is 2.80. The SMILES string of the molecule is CCSCCn1ccc2cc(/C(N)=N/O)ccc21. The summed E-state index contributed by atoms with van der Waals surface area (Å²) in [5.41, 5.74) is 7.50. The number of rotatable bonds is 5. The van der Waals surface area contributed by atoms with Gasteiger partial charge in [0.25, 0.3) is 0 Å². The first-order valence-electron chi connectivity index (χ1n) is 5.90. The zero-order chi connectivity index (χ0) is 13.0. The number of oxime groups is 1. The molecule has 1 aromatic carbocycles. The molecular formula is C13H17N3OS. The molecule has 1 heterocycles.